The first-order chi connectivity index (χ1) is 9.74. The topological polar surface area (TPSA) is 125 Å². The predicted molar refractivity (Wildman–Crippen MR) is 74.4 cm³/mol. The van der Waals surface area contributed by atoms with Gasteiger partial charge in [0.1, 0.15) is 6.04 Å². The average molecular weight is 323 g/mol. The Hall–Kier alpha value is -1.39. The van der Waals surface area contributed by atoms with Gasteiger partial charge in [-0.2, -0.15) is 0 Å². The molecular weight excluding hydrogens is 302 g/mol. The molecule has 1 heterocycles. The zero-order chi connectivity index (χ0) is 16.0. The number of amides is 2. The summed E-state index contributed by atoms with van der Waals surface area (Å²) in [5.41, 5.74) is 0. The number of likely N-dealkylation sites (tertiary alicyclic amines) is 1. The van der Waals surface area contributed by atoms with Crippen LogP contribution in [0.5, 0.6) is 0 Å². The summed E-state index contributed by atoms with van der Waals surface area (Å²) in [6.45, 7) is 0.685. The SMILES string of the molecule is COC1CC(C(=O)O)N(C(=O)NCCCNS(C)(=O)=O)C1. The zero-order valence-corrected chi connectivity index (χ0v) is 12.9. The first-order valence-electron chi connectivity index (χ1n) is 6.49. The van der Waals surface area contributed by atoms with Gasteiger partial charge in [0, 0.05) is 33.2 Å². The van der Waals surface area contributed by atoms with Crippen LogP contribution in [0.1, 0.15) is 12.8 Å². The molecule has 1 fully saturated rings. The molecule has 0 saturated carbocycles. The average Bonchev–Trinajstić information content (AvgIpc) is 2.81. The maximum Gasteiger partial charge on any atom is 0.326 e. The van der Waals surface area contributed by atoms with E-state index in [0.29, 0.717) is 6.42 Å². The summed E-state index contributed by atoms with van der Waals surface area (Å²) in [6, 6.07) is -1.38. The normalized spacial score (nSPS) is 22.3. The van der Waals surface area contributed by atoms with E-state index in [1.165, 1.54) is 12.0 Å². The van der Waals surface area contributed by atoms with Gasteiger partial charge in [0.25, 0.3) is 0 Å². The fraction of sp³-hybridized carbons (Fsp3) is 0.818. The number of carbonyl (C=O) groups is 2. The molecule has 122 valence electrons. The van der Waals surface area contributed by atoms with E-state index in [-0.39, 0.29) is 32.2 Å². The molecule has 10 heteroatoms. The molecule has 1 saturated heterocycles. The molecule has 0 aromatic rings. The van der Waals surface area contributed by atoms with Crippen LogP contribution in [0, 0.1) is 0 Å². The van der Waals surface area contributed by atoms with Crippen LogP contribution < -0.4 is 10.0 Å². The number of nitrogens with one attached hydrogen (secondary N) is 2. The number of sulfonamides is 1. The van der Waals surface area contributed by atoms with Crippen molar-refractivity contribution in [2.75, 3.05) is 33.0 Å². The summed E-state index contributed by atoms with van der Waals surface area (Å²) in [5, 5.41) is 11.7. The molecule has 0 aromatic heterocycles. The largest absolute Gasteiger partial charge is 0.480 e. The molecule has 9 nitrogen and oxygen atoms in total. The molecule has 1 aliphatic rings. The molecule has 2 atom stereocenters. The Labute approximate surface area is 123 Å². The number of methoxy groups -OCH3 is 1. The fourth-order valence-corrected chi connectivity index (χ4v) is 2.58. The summed E-state index contributed by atoms with van der Waals surface area (Å²) in [7, 11) is -1.76. The quantitative estimate of drug-likeness (QED) is 0.506. The number of ether oxygens (including phenoxy) is 1. The van der Waals surface area contributed by atoms with Crippen molar-refractivity contribution in [3.8, 4) is 0 Å². The van der Waals surface area contributed by atoms with E-state index in [1.807, 2.05) is 0 Å². The zero-order valence-electron chi connectivity index (χ0n) is 12.0. The smallest absolute Gasteiger partial charge is 0.326 e. The highest BCUT2D eigenvalue weighted by Crippen LogP contribution is 2.20. The minimum Gasteiger partial charge on any atom is -0.480 e. The van der Waals surface area contributed by atoms with Crippen molar-refractivity contribution in [3.05, 3.63) is 0 Å². The third-order valence-electron chi connectivity index (χ3n) is 3.14. The molecule has 0 spiro atoms. The summed E-state index contributed by atoms with van der Waals surface area (Å²) in [5.74, 6) is -1.07. The van der Waals surface area contributed by atoms with Crippen LogP contribution >= 0.6 is 0 Å². The summed E-state index contributed by atoms with van der Waals surface area (Å²) < 4.78 is 29.1. The number of carboxylic acids is 1. The molecule has 2 amide bonds. The lowest BCUT2D eigenvalue weighted by Gasteiger charge is -2.21. The van der Waals surface area contributed by atoms with Crippen molar-refractivity contribution in [3.63, 3.8) is 0 Å². The molecule has 0 radical (unpaired) electrons. The van der Waals surface area contributed by atoms with Crippen LogP contribution in [0.2, 0.25) is 0 Å². The molecular formula is C11H21N3O6S. The Morgan fingerprint density at radius 2 is 2.05 bits per heavy atom. The van der Waals surface area contributed by atoms with E-state index in [2.05, 4.69) is 10.0 Å². The Kier molecular flexibility index (Phi) is 6.37. The molecule has 21 heavy (non-hydrogen) atoms. The fourth-order valence-electron chi connectivity index (χ4n) is 2.07. The van der Waals surface area contributed by atoms with E-state index >= 15 is 0 Å². The van der Waals surface area contributed by atoms with Gasteiger partial charge in [-0.25, -0.2) is 22.7 Å². The lowest BCUT2D eigenvalue weighted by atomic mass is 10.2. The van der Waals surface area contributed by atoms with Crippen molar-refractivity contribution in [1.82, 2.24) is 14.9 Å². The molecule has 2 unspecified atom stereocenters. The van der Waals surface area contributed by atoms with Gasteiger partial charge >= 0.3 is 12.0 Å². The number of nitrogens with zero attached hydrogens (tertiary/aromatic N) is 1. The molecule has 0 aliphatic carbocycles. The third kappa shape index (κ3) is 5.86. The maximum absolute atomic E-state index is 11.9. The Morgan fingerprint density at radius 3 is 2.57 bits per heavy atom. The van der Waals surface area contributed by atoms with Gasteiger partial charge in [0.2, 0.25) is 10.0 Å². The number of hydrogen-bond acceptors (Lipinski definition) is 5. The Bertz CT molecular complexity index is 480. The molecule has 0 bridgehead atoms. The van der Waals surface area contributed by atoms with Gasteiger partial charge in [-0.1, -0.05) is 0 Å². The predicted octanol–water partition coefficient (Wildman–Crippen LogP) is -1.19. The highest BCUT2D eigenvalue weighted by molar-refractivity contribution is 7.88. The van der Waals surface area contributed by atoms with Crippen molar-refractivity contribution >= 4 is 22.0 Å². The van der Waals surface area contributed by atoms with Gasteiger partial charge in [0.15, 0.2) is 0 Å². The van der Waals surface area contributed by atoms with Crippen molar-refractivity contribution < 1.29 is 27.9 Å². The number of hydrogen-bond donors (Lipinski definition) is 3. The Morgan fingerprint density at radius 1 is 1.38 bits per heavy atom. The van der Waals surface area contributed by atoms with E-state index < -0.39 is 28.1 Å². The molecule has 0 aromatic carbocycles. The Balaban J connectivity index is 2.38. The third-order valence-corrected chi connectivity index (χ3v) is 3.86. The maximum atomic E-state index is 11.9. The van der Waals surface area contributed by atoms with E-state index in [1.54, 1.807) is 0 Å². The van der Waals surface area contributed by atoms with E-state index in [4.69, 9.17) is 9.84 Å². The van der Waals surface area contributed by atoms with Crippen LogP contribution in [-0.4, -0.2) is 75.6 Å². The number of rotatable bonds is 7. The minimum absolute atomic E-state index is 0.210. The standard InChI is InChI=1S/C11H21N3O6S/c1-20-8-6-9(10(15)16)14(7-8)11(17)12-4-3-5-13-21(2,18)19/h8-9,13H,3-7H2,1-2H3,(H,12,17)(H,15,16). The van der Waals surface area contributed by atoms with Gasteiger partial charge in [-0.05, 0) is 6.42 Å². The minimum atomic E-state index is -3.24. The van der Waals surface area contributed by atoms with E-state index in [0.717, 1.165) is 6.26 Å². The molecule has 1 rings (SSSR count). The van der Waals surface area contributed by atoms with Gasteiger partial charge in [0.05, 0.1) is 12.4 Å². The number of carbonyl (C=O) groups excluding carboxylic acids is 1. The summed E-state index contributed by atoms with van der Waals surface area (Å²) >= 11 is 0. The van der Waals surface area contributed by atoms with E-state index in [9.17, 15) is 18.0 Å². The monoisotopic (exact) mass is 323 g/mol. The van der Waals surface area contributed by atoms with Crippen molar-refractivity contribution in [2.24, 2.45) is 0 Å². The van der Waals surface area contributed by atoms with Crippen LogP contribution in [-0.2, 0) is 19.6 Å². The lowest BCUT2D eigenvalue weighted by Crippen LogP contribution is -2.46. The van der Waals surface area contributed by atoms with Gasteiger partial charge in [-0.15, -0.1) is 0 Å². The lowest BCUT2D eigenvalue weighted by molar-refractivity contribution is -0.141. The first kappa shape index (κ1) is 17.7. The second-order valence-corrected chi connectivity index (χ2v) is 6.68. The molecule has 3 N–H and O–H groups in total. The first-order valence-corrected chi connectivity index (χ1v) is 8.38. The second-order valence-electron chi connectivity index (χ2n) is 4.85. The van der Waals surface area contributed by atoms with Crippen LogP contribution in [0.3, 0.4) is 0 Å². The highest BCUT2D eigenvalue weighted by Gasteiger charge is 2.39. The summed E-state index contributed by atoms with van der Waals surface area (Å²) in [6.07, 6.45) is 1.44. The second kappa shape index (κ2) is 7.57. The number of aliphatic carboxylic acids is 1. The summed E-state index contributed by atoms with van der Waals surface area (Å²) in [4.78, 5) is 24.3. The van der Waals surface area contributed by atoms with Crippen molar-refractivity contribution in [1.29, 1.82) is 0 Å². The van der Waals surface area contributed by atoms with Crippen LogP contribution in [0.4, 0.5) is 4.79 Å². The van der Waals surface area contributed by atoms with Gasteiger partial charge in [-0.3, -0.25) is 0 Å². The number of carboxylic acid groups (broad SMARTS) is 1. The number of urea groups is 1. The van der Waals surface area contributed by atoms with Crippen molar-refractivity contribution in [2.45, 2.75) is 25.0 Å². The van der Waals surface area contributed by atoms with Gasteiger partial charge < -0.3 is 20.1 Å². The van der Waals surface area contributed by atoms with Crippen LogP contribution in [0.15, 0.2) is 0 Å². The highest BCUT2D eigenvalue weighted by atomic mass is 32.2. The molecule has 1 aliphatic heterocycles. The van der Waals surface area contributed by atoms with Crippen LogP contribution in [0.25, 0.3) is 0 Å².